The van der Waals surface area contributed by atoms with Gasteiger partial charge in [0.25, 0.3) is 0 Å². The van der Waals surface area contributed by atoms with Crippen LogP contribution in [0.25, 0.3) is 5.65 Å². The number of anilines is 1. The lowest BCUT2D eigenvalue weighted by Crippen LogP contribution is -2.40. The van der Waals surface area contributed by atoms with Crippen molar-refractivity contribution in [3.63, 3.8) is 0 Å². The van der Waals surface area contributed by atoms with Gasteiger partial charge in [-0.15, -0.1) is 4.72 Å². The van der Waals surface area contributed by atoms with E-state index in [1.165, 1.54) is 11.3 Å². The largest absolute Gasteiger partial charge is 0.592 e. The van der Waals surface area contributed by atoms with E-state index < -0.39 is 10.4 Å². The summed E-state index contributed by atoms with van der Waals surface area (Å²) in [5, 5.41) is 6.04. The topological polar surface area (TPSA) is 85.6 Å². The summed E-state index contributed by atoms with van der Waals surface area (Å²) in [6, 6.07) is 7.00. The molecule has 0 spiro atoms. The first-order chi connectivity index (χ1) is 11.1. The molecule has 9 heteroatoms. The second-order valence-corrected chi connectivity index (χ2v) is 8.28. The van der Waals surface area contributed by atoms with E-state index in [9.17, 15) is 8.76 Å². The van der Waals surface area contributed by atoms with E-state index in [1.807, 2.05) is 12.1 Å². The van der Waals surface area contributed by atoms with Gasteiger partial charge in [0.1, 0.15) is 5.82 Å². The number of rotatable bonds is 4. The van der Waals surface area contributed by atoms with Gasteiger partial charge in [0.05, 0.1) is 12.2 Å². The van der Waals surface area contributed by atoms with E-state index in [2.05, 4.69) is 19.7 Å². The Kier molecular flexibility index (Phi) is 3.64. The zero-order valence-corrected chi connectivity index (χ0v) is 13.8. The maximum absolute atomic E-state index is 12.3. The van der Waals surface area contributed by atoms with Gasteiger partial charge < -0.3 is 9.45 Å². The molecule has 0 amide bonds. The van der Waals surface area contributed by atoms with E-state index in [4.69, 9.17) is 0 Å². The molecule has 0 bridgehead atoms. The predicted octanol–water partition coefficient (Wildman–Crippen LogP) is 1.56. The molecule has 1 aliphatic heterocycles. The zero-order chi connectivity index (χ0) is 15.9. The molecule has 0 saturated carbocycles. The molecular formula is C14H15N5O2S2. The highest BCUT2D eigenvalue weighted by molar-refractivity contribution is 7.97. The van der Waals surface area contributed by atoms with Gasteiger partial charge in [-0.2, -0.15) is 9.61 Å². The van der Waals surface area contributed by atoms with Crippen LogP contribution in [0.4, 0.5) is 5.82 Å². The summed E-state index contributed by atoms with van der Waals surface area (Å²) in [6.45, 7) is 1.39. The second kappa shape index (κ2) is 5.68. The van der Waals surface area contributed by atoms with E-state index in [-0.39, 0.29) is 6.04 Å². The van der Waals surface area contributed by atoms with Crippen LogP contribution in [0.2, 0.25) is 0 Å². The fraction of sp³-hybridized carbons (Fsp3) is 0.286. The van der Waals surface area contributed by atoms with Crippen LogP contribution in [0.5, 0.6) is 0 Å². The molecule has 4 heterocycles. The van der Waals surface area contributed by atoms with E-state index in [1.54, 1.807) is 34.4 Å². The van der Waals surface area contributed by atoms with Crippen molar-refractivity contribution < 1.29 is 8.76 Å². The van der Waals surface area contributed by atoms with Gasteiger partial charge in [0.2, 0.25) is 4.21 Å². The van der Waals surface area contributed by atoms with Crippen LogP contribution in [0.15, 0.2) is 46.2 Å². The summed E-state index contributed by atoms with van der Waals surface area (Å²) < 4.78 is 29.6. The van der Waals surface area contributed by atoms with Crippen LogP contribution in [0.3, 0.4) is 0 Å². The van der Waals surface area contributed by atoms with E-state index >= 15 is 0 Å². The molecule has 0 aliphatic carbocycles. The van der Waals surface area contributed by atoms with Crippen molar-refractivity contribution >= 4 is 33.2 Å². The lowest BCUT2D eigenvalue weighted by atomic mass is 10.3. The highest BCUT2D eigenvalue weighted by Crippen LogP contribution is 2.24. The third kappa shape index (κ3) is 2.76. The molecule has 2 unspecified atom stereocenters. The molecule has 2 atom stereocenters. The summed E-state index contributed by atoms with van der Waals surface area (Å²) in [4.78, 5) is 6.38. The van der Waals surface area contributed by atoms with Crippen LogP contribution in [0, 0.1) is 0 Å². The van der Waals surface area contributed by atoms with Crippen molar-refractivity contribution in [2.75, 3.05) is 18.0 Å². The van der Waals surface area contributed by atoms with Crippen LogP contribution in [0.1, 0.15) is 6.42 Å². The van der Waals surface area contributed by atoms with Gasteiger partial charge >= 0.3 is 0 Å². The fourth-order valence-electron chi connectivity index (χ4n) is 2.82. The summed E-state index contributed by atoms with van der Waals surface area (Å²) in [6.07, 6.45) is 4.21. The lowest BCUT2D eigenvalue weighted by molar-refractivity contribution is 0.456. The molecule has 1 N–H and O–H groups in total. The maximum Gasteiger partial charge on any atom is 0.228 e. The van der Waals surface area contributed by atoms with E-state index in [0.29, 0.717) is 10.8 Å². The van der Waals surface area contributed by atoms with Crippen molar-refractivity contribution in [3.8, 4) is 0 Å². The quantitative estimate of drug-likeness (QED) is 0.723. The maximum atomic E-state index is 12.3. The van der Waals surface area contributed by atoms with Crippen LogP contribution < -0.4 is 9.62 Å². The Bertz CT molecular complexity index is 863. The Labute approximate surface area is 138 Å². The fourth-order valence-corrected chi connectivity index (χ4v) is 5.09. The van der Waals surface area contributed by atoms with Gasteiger partial charge in [0, 0.05) is 31.4 Å². The summed E-state index contributed by atoms with van der Waals surface area (Å²) in [5.41, 5.74) is 0.783. The molecule has 1 fully saturated rings. The van der Waals surface area contributed by atoms with Gasteiger partial charge in [0.15, 0.2) is 16.0 Å². The standard InChI is InChI=1S/C14H15N5O2S2/c20-23(21,14-2-1-9-22-14)17-11-5-8-18(10-11)13-4-6-15-12-3-7-16-19(12)13/h1-4,6-7,9,11H,5,8,10H2,(H-,17,20,21). The highest BCUT2D eigenvalue weighted by atomic mass is 32.3. The average molecular weight is 349 g/mol. The van der Waals surface area contributed by atoms with Crippen LogP contribution in [-0.4, -0.2) is 38.3 Å². The first kappa shape index (κ1) is 14.8. The summed E-state index contributed by atoms with van der Waals surface area (Å²) in [5.74, 6) is 0.929. The molecule has 3 aromatic heterocycles. The molecule has 0 radical (unpaired) electrons. The monoisotopic (exact) mass is 349 g/mol. The van der Waals surface area contributed by atoms with Crippen molar-refractivity contribution in [1.82, 2.24) is 19.3 Å². The Hall–Kier alpha value is -1.81. The second-order valence-electron chi connectivity index (χ2n) is 5.39. The number of thiophene rings is 1. The molecule has 1 aliphatic rings. The number of nitrogens with zero attached hydrogens (tertiary/aromatic N) is 4. The average Bonchev–Trinajstić information content (AvgIpc) is 3.27. The molecule has 1 saturated heterocycles. The Morgan fingerprint density at radius 1 is 1.35 bits per heavy atom. The molecule has 4 rings (SSSR count). The highest BCUT2D eigenvalue weighted by Gasteiger charge is 2.32. The minimum absolute atomic E-state index is 0.110. The van der Waals surface area contributed by atoms with Crippen LogP contribution in [-0.2, 0) is 14.6 Å². The minimum Gasteiger partial charge on any atom is -0.592 e. The SMILES string of the molecule is O=[S+]([O-])(NC1CCN(c2ccnc3ccnn23)C1)c1cccs1. The predicted molar refractivity (Wildman–Crippen MR) is 88.2 cm³/mol. The Morgan fingerprint density at radius 3 is 3.09 bits per heavy atom. The lowest BCUT2D eigenvalue weighted by Gasteiger charge is -2.20. The minimum atomic E-state index is -3.43. The van der Waals surface area contributed by atoms with Crippen LogP contribution >= 0.6 is 11.3 Å². The molecular weight excluding hydrogens is 334 g/mol. The third-order valence-electron chi connectivity index (χ3n) is 3.86. The van der Waals surface area contributed by atoms with Gasteiger partial charge in [-0.3, -0.25) is 0 Å². The van der Waals surface area contributed by atoms with Gasteiger partial charge in [-0.1, -0.05) is 15.5 Å². The number of fused-ring (bicyclic) bond motifs is 1. The van der Waals surface area contributed by atoms with E-state index in [0.717, 1.165) is 24.4 Å². The van der Waals surface area contributed by atoms with Gasteiger partial charge in [-0.25, -0.2) is 4.98 Å². The van der Waals surface area contributed by atoms with Crippen molar-refractivity contribution in [2.24, 2.45) is 0 Å². The molecule has 0 aromatic carbocycles. The number of nitrogens with one attached hydrogen (secondary N) is 1. The third-order valence-corrected chi connectivity index (χ3v) is 6.78. The number of hydrogen-bond donors (Lipinski definition) is 1. The van der Waals surface area contributed by atoms with Crippen molar-refractivity contribution in [2.45, 2.75) is 16.7 Å². The van der Waals surface area contributed by atoms with Crippen molar-refractivity contribution in [1.29, 1.82) is 0 Å². The normalized spacial score (nSPS) is 20.9. The Morgan fingerprint density at radius 2 is 2.26 bits per heavy atom. The first-order valence-corrected chi connectivity index (χ1v) is 9.59. The number of hydrogen-bond acceptors (Lipinski definition) is 6. The number of aromatic nitrogens is 3. The van der Waals surface area contributed by atoms with Crippen molar-refractivity contribution in [3.05, 3.63) is 42.0 Å². The smallest absolute Gasteiger partial charge is 0.228 e. The summed E-state index contributed by atoms with van der Waals surface area (Å²) in [7, 11) is -3.43. The zero-order valence-electron chi connectivity index (χ0n) is 12.2. The summed E-state index contributed by atoms with van der Waals surface area (Å²) >= 11 is 1.23. The molecule has 3 aromatic rings. The Balaban J connectivity index is 1.51. The first-order valence-electron chi connectivity index (χ1n) is 7.23. The molecule has 23 heavy (non-hydrogen) atoms. The number of sulfonamides is 1. The molecule has 7 nitrogen and oxygen atoms in total. The molecule has 120 valence electrons. The van der Waals surface area contributed by atoms with Gasteiger partial charge in [-0.05, 0) is 23.9 Å².